The van der Waals surface area contributed by atoms with Gasteiger partial charge in [0.1, 0.15) is 6.54 Å². The fraction of sp³-hybridized carbons (Fsp3) is 0.385. The second kappa shape index (κ2) is 7.58. The lowest BCUT2D eigenvalue weighted by Gasteiger charge is -2.20. The molecule has 1 aromatic rings. The van der Waals surface area contributed by atoms with E-state index in [0.717, 1.165) is 6.07 Å². The molecule has 0 unspecified atom stereocenters. The highest BCUT2D eigenvalue weighted by molar-refractivity contribution is 6.34. The Bertz CT molecular complexity index is 561. The van der Waals surface area contributed by atoms with Crippen LogP contribution in [0.25, 0.3) is 0 Å². The van der Waals surface area contributed by atoms with Gasteiger partial charge in [-0.3, -0.25) is 19.7 Å². The molecule has 0 aliphatic heterocycles. The van der Waals surface area contributed by atoms with Gasteiger partial charge < -0.3 is 9.64 Å². The zero-order chi connectivity index (χ0) is 16.0. The van der Waals surface area contributed by atoms with Crippen molar-refractivity contribution < 1.29 is 19.2 Å². The van der Waals surface area contributed by atoms with E-state index in [4.69, 9.17) is 16.3 Å². The largest absolute Gasteiger partial charge is 0.465 e. The molecule has 0 bridgehead atoms. The number of carbonyl (C=O) groups excluding carboxylic acids is 2. The van der Waals surface area contributed by atoms with Gasteiger partial charge in [0, 0.05) is 18.7 Å². The van der Waals surface area contributed by atoms with Gasteiger partial charge in [0.2, 0.25) is 0 Å². The minimum absolute atomic E-state index is 0.0167. The number of carbonyl (C=O) groups is 2. The molecule has 0 aromatic heterocycles. The highest BCUT2D eigenvalue weighted by Gasteiger charge is 2.22. The molecule has 0 heterocycles. The summed E-state index contributed by atoms with van der Waals surface area (Å²) in [5.74, 6) is -1.10. The van der Waals surface area contributed by atoms with Gasteiger partial charge in [-0.1, -0.05) is 11.6 Å². The van der Waals surface area contributed by atoms with Crippen molar-refractivity contribution in [1.29, 1.82) is 0 Å². The molecule has 0 saturated heterocycles. The molecule has 0 aliphatic carbocycles. The lowest BCUT2D eigenvalue weighted by Crippen LogP contribution is -2.36. The quantitative estimate of drug-likeness (QED) is 0.456. The zero-order valence-electron chi connectivity index (χ0n) is 11.7. The van der Waals surface area contributed by atoms with E-state index in [-0.39, 0.29) is 36.0 Å². The standard InChI is InChI=1S/C13H15ClN2O5/c1-3-15(8-12(17)21-4-2)13(18)10-7-9(16(19)20)5-6-11(10)14/h5-7H,3-4,8H2,1-2H3. The maximum Gasteiger partial charge on any atom is 0.325 e. The normalized spacial score (nSPS) is 10.0. The minimum atomic E-state index is -0.616. The van der Waals surface area contributed by atoms with E-state index in [0.29, 0.717) is 0 Å². The molecule has 0 radical (unpaired) electrons. The third-order valence-corrected chi connectivity index (χ3v) is 3.01. The summed E-state index contributed by atoms with van der Waals surface area (Å²) in [4.78, 5) is 35.1. The van der Waals surface area contributed by atoms with Gasteiger partial charge >= 0.3 is 5.97 Å². The van der Waals surface area contributed by atoms with Crippen molar-refractivity contribution >= 4 is 29.2 Å². The molecule has 7 nitrogen and oxygen atoms in total. The summed E-state index contributed by atoms with van der Waals surface area (Å²) in [7, 11) is 0. The molecular weight excluding hydrogens is 300 g/mol. The summed E-state index contributed by atoms with van der Waals surface area (Å²) in [5, 5.41) is 10.8. The summed E-state index contributed by atoms with van der Waals surface area (Å²) < 4.78 is 4.78. The Kier molecular flexibility index (Phi) is 6.10. The Hall–Kier alpha value is -2.15. The minimum Gasteiger partial charge on any atom is -0.465 e. The maximum absolute atomic E-state index is 12.3. The molecule has 0 fully saturated rings. The van der Waals surface area contributed by atoms with Crippen molar-refractivity contribution in [1.82, 2.24) is 4.90 Å². The number of nitro benzene ring substituents is 1. The number of benzene rings is 1. The Morgan fingerprint density at radius 1 is 1.38 bits per heavy atom. The van der Waals surface area contributed by atoms with Crippen LogP contribution in [-0.4, -0.2) is 41.4 Å². The monoisotopic (exact) mass is 314 g/mol. The molecule has 0 atom stereocenters. The zero-order valence-corrected chi connectivity index (χ0v) is 12.4. The maximum atomic E-state index is 12.3. The van der Waals surface area contributed by atoms with Crippen LogP contribution in [0.2, 0.25) is 5.02 Å². The molecule has 1 rings (SSSR count). The van der Waals surface area contributed by atoms with E-state index < -0.39 is 16.8 Å². The van der Waals surface area contributed by atoms with Crippen molar-refractivity contribution in [3.63, 3.8) is 0 Å². The number of nitrogens with zero attached hydrogens (tertiary/aromatic N) is 2. The number of likely N-dealkylation sites (N-methyl/N-ethyl adjacent to an activating group) is 1. The van der Waals surface area contributed by atoms with Gasteiger partial charge in [-0.25, -0.2) is 0 Å². The van der Waals surface area contributed by atoms with Crippen LogP contribution in [0.5, 0.6) is 0 Å². The number of esters is 1. The van der Waals surface area contributed by atoms with Crippen molar-refractivity contribution in [3.05, 3.63) is 38.9 Å². The van der Waals surface area contributed by atoms with Gasteiger partial charge in [-0.15, -0.1) is 0 Å². The lowest BCUT2D eigenvalue weighted by atomic mass is 10.1. The van der Waals surface area contributed by atoms with Crippen molar-refractivity contribution in [2.24, 2.45) is 0 Å². The molecule has 21 heavy (non-hydrogen) atoms. The number of hydrogen-bond donors (Lipinski definition) is 0. The topological polar surface area (TPSA) is 89.8 Å². The molecule has 8 heteroatoms. The summed E-state index contributed by atoms with van der Waals surface area (Å²) in [6.45, 7) is 3.57. The van der Waals surface area contributed by atoms with E-state index >= 15 is 0 Å². The van der Waals surface area contributed by atoms with E-state index in [2.05, 4.69) is 0 Å². The van der Waals surface area contributed by atoms with Crippen molar-refractivity contribution in [3.8, 4) is 0 Å². The summed E-state index contributed by atoms with van der Waals surface area (Å²) >= 11 is 5.91. The Morgan fingerprint density at radius 2 is 2.05 bits per heavy atom. The third-order valence-electron chi connectivity index (χ3n) is 2.69. The van der Waals surface area contributed by atoms with E-state index in [9.17, 15) is 19.7 Å². The van der Waals surface area contributed by atoms with Crippen molar-refractivity contribution in [2.75, 3.05) is 19.7 Å². The molecule has 0 spiro atoms. The van der Waals surface area contributed by atoms with Crippen LogP contribution in [0.1, 0.15) is 24.2 Å². The number of nitro groups is 1. The Labute approximate surface area is 126 Å². The van der Waals surface area contributed by atoms with Gasteiger partial charge in [0.05, 0.1) is 22.1 Å². The lowest BCUT2D eigenvalue weighted by molar-refractivity contribution is -0.384. The van der Waals surface area contributed by atoms with Crippen LogP contribution in [0.15, 0.2) is 18.2 Å². The number of hydrogen-bond acceptors (Lipinski definition) is 5. The molecule has 1 amide bonds. The number of amides is 1. The SMILES string of the molecule is CCOC(=O)CN(CC)C(=O)c1cc([N+](=O)[O-])ccc1Cl. The average Bonchev–Trinajstić information content (AvgIpc) is 2.44. The van der Waals surface area contributed by atoms with E-state index in [1.165, 1.54) is 17.0 Å². The third kappa shape index (κ3) is 4.42. The van der Waals surface area contributed by atoms with Crippen molar-refractivity contribution in [2.45, 2.75) is 13.8 Å². The first-order chi connectivity index (χ1) is 9.90. The smallest absolute Gasteiger partial charge is 0.325 e. The van der Waals surface area contributed by atoms with E-state index in [1.54, 1.807) is 13.8 Å². The number of rotatable bonds is 6. The molecule has 0 saturated carbocycles. The predicted molar refractivity (Wildman–Crippen MR) is 76.3 cm³/mol. The first-order valence-electron chi connectivity index (χ1n) is 6.29. The molecular formula is C13H15ClN2O5. The molecule has 0 N–H and O–H groups in total. The van der Waals surface area contributed by atoms with Crippen LogP contribution in [0, 0.1) is 10.1 Å². The fourth-order valence-electron chi connectivity index (χ4n) is 1.65. The predicted octanol–water partition coefficient (Wildman–Crippen LogP) is 2.27. The van der Waals surface area contributed by atoms with Gasteiger partial charge in [-0.2, -0.15) is 0 Å². The molecule has 114 valence electrons. The van der Waals surface area contributed by atoms with Crippen LogP contribution in [0.3, 0.4) is 0 Å². The number of ether oxygens (including phenoxy) is 1. The number of halogens is 1. The second-order valence-corrected chi connectivity index (χ2v) is 4.45. The van der Waals surface area contributed by atoms with E-state index in [1.807, 2.05) is 0 Å². The number of non-ortho nitro benzene ring substituents is 1. The van der Waals surface area contributed by atoms with Gasteiger partial charge in [0.25, 0.3) is 11.6 Å². The first-order valence-corrected chi connectivity index (χ1v) is 6.67. The van der Waals surface area contributed by atoms with Crippen LogP contribution < -0.4 is 0 Å². The fourth-order valence-corrected chi connectivity index (χ4v) is 1.85. The Balaban J connectivity index is 3.02. The Morgan fingerprint density at radius 3 is 2.57 bits per heavy atom. The molecule has 0 aliphatic rings. The highest BCUT2D eigenvalue weighted by Crippen LogP contribution is 2.23. The molecule has 1 aromatic carbocycles. The van der Waals surface area contributed by atoms with Crippen LogP contribution in [-0.2, 0) is 9.53 Å². The summed E-state index contributed by atoms with van der Waals surface area (Å²) in [5.41, 5.74) is -0.257. The highest BCUT2D eigenvalue weighted by atomic mass is 35.5. The first kappa shape index (κ1) is 16.9. The van der Waals surface area contributed by atoms with Crippen LogP contribution >= 0.6 is 11.6 Å². The van der Waals surface area contributed by atoms with Crippen LogP contribution in [0.4, 0.5) is 5.69 Å². The van der Waals surface area contributed by atoms with Gasteiger partial charge in [-0.05, 0) is 19.9 Å². The summed E-state index contributed by atoms with van der Waals surface area (Å²) in [6, 6.07) is 3.59. The average molecular weight is 315 g/mol. The summed E-state index contributed by atoms with van der Waals surface area (Å²) in [6.07, 6.45) is 0. The van der Waals surface area contributed by atoms with Gasteiger partial charge in [0.15, 0.2) is 0 Å². The second-order valence-electron chi connectivity index (χ2n) is 4.05.